The van der Waals surface area contributed by atoms with Crippen LogP contribution in [0.25, 0.3) is 0 Å². The Balaban J connectivity index is 1.55. The minimum absolute atomic E-state index is 0.166. The maximum atomic E-state index is 10.4. The van der Waals surface area contributed by atoms with Gasteiger partial charge in [0.15, 0.2) is 0 Å². The largest absolute Gasteiger partial charge is 0.508 e. The van der Waals surface area contributed by atoms with Gasteiger partial charge in [-0.1, -0.05) is 0 Å². The molecule has 31 heavy (non-hydrogen) atoms. The predicted molar refractivity (Wildman–Crippen MR) is 127 cm³/mol. The Labute approximate surface area is 180 Å². The standard InChI is InChI=1S/C25H24N4O2/c26-18-1-5-20(6-2-18)28-22-9-11-24(30)16(14-22)13-17-15-23(10-12-25(17)31)29-21-7-3-19(27)4-8-21/h1-12,14-15,28-31H,13,26-27H2. The Kier molecular flexibility index (Phi) is 5.53. The molecule has 0 heterocycles. The van der Waals surface area contributed by atoms with E-state index in [2.05, 4.69) is 10.6 Å². The molecule has 0 aliphatic rings. The van der Waals surface area contributed by atoms with Crippen molar-refractivity contribution in [3.05, 3.63) is 96.1 Å². The van der Waals surface area contributed by atoms with Gasteiger partial charge in [0, 0.05) is 51.7 Å². The highest BCUT2D eigenvalue weighted by Gasteiger charge is 2.10. The van der Waals surface area contributed by atoms with Crippen LogP contribution in [0.15, 0.2) is 84.9 Å². The first-order chi connectivity index (χ1) is 15.0. The van der Waals surface area contributed by atoms with Gasteiger partial charge in [-0.25, -0.2) is 0 Å². The van der Waals surface area contributed by atoms with Gasteiger partial charge >= 0.3 is 0 Å². The molecule has 4 rings (SSSR count). The zero-order chi connectivity index (χ0) is 21.8. The number of nitrogens with one attached hydrogen (secondary N) is 2. The number of hydrogen-bond acceptors (Lipinski definition) is 6. The summed E-state index contributed by atoms with van der Waals surface area (Å²) in [4.78, 5) is 0. The second-order valence-electron chi connectivity index (χ2n) is 7.36. The molecule has 0 aromatic heterocycles. The second-order valence-corrected chi connectivity index (χ2v) is 7.36. The number of rotatable bonds is 6. The van der Waals surface area contributed by atoms with Crippen molar-refractivity contribution in [2.45, 2.75) is 6.42 Å². The highest BCUT2D eigenvalue weighted by atomic mass is 16.3. The highest BCUT2D eigenvalue weighted by Crippen LogP contribution is 2.31. The summed E-state index contributed by atoms with van der Waals surface area (Å²) in [7, 11) is 0. The van der Waals surface area contributed by atoms with Gasteiger partial charge in [-0.15, -0.1) is 0 Å². The third-order valence-electron chi connectivity index (χ3n) is 4.94. The fourth-order valence-electron chi connectivity index (χ4n) is 3.28. The van der Waals surface area contributed by atoms with Gasteiger partial charge in [-0.3, -0.25) is 0 Å². The maximum absolute atomic E-state index is 10.4. The van der Waals surface area contributed by atoms with E-state index in [1.807, 2.05) is 60.7 Å². The maximum Gasteiger partial charge on any atom is 0.119 e. The molecule has 4 aromatic carbocycles. The Morgan fingerprint density at radius 1 is 0.516 bits per heavy atom. The number of phenolic OH excluding ortho intramolecular Hbond substituents is 2. The van der Waals surface area contributed by atoms with E-state index < -0.39 is 0 Å². The second kappa shape index (κ2) is 8.59. The number of anilines is 6. The van der Waals surface area contributed by atoms with Crippen molar-refractivity contribution in [1.29, 1.82) is 0 Å². The van der Waals surface area contributed by atoms with E-state index in [1.54, 1.807) is 24.3 Å². The monoisotopic (exact) mass is 412 g/mol. The molecule has 4 aromatic rings. The van der Waals surface area contributed by atoms with Crippen LogP contribution in [0, 0.1) is 0 Å². The molecule has 0 aliphatic heterocycles. The summed E-state index contributed by atoms with van der Waals surface area (Å²) in [6, 6.07) is 25.5. The molecule has 0 amide bonds. The normalized spacial score (nSPS) is 10.6. The molecule has 0 spiro atoms. The molecule has 0 radical (unpaired) electrons. The van der Waals surface area contributed by atoms with Crippen LogP contribution in [0.3, 0.4) is 0 Å². The van der Waals surface area contributed by atoms with Crippen molar-refractivity contribution < 1.29 is 10.2 Å². The Hall–Kier alpha value is -4.32. The smallest absolute Gasteiger partial charge is 0.119 e. The van der Waals surface area contributed by atoms with Gasteiger partial charge in [0.2, 0.25) is 0 Å². The molecule has 0 bridgehead atoms. The third kappa shape index (κ3) is 5.00. The summed E-state index contributed by atoms with van der Waals surface area (Å²) in [6.45, 7) is 0. The van der Waals surface area contributed by atoms with Crippen LogP contribution in [-0.2, 0) is 6.42 Å². The zero-order valence-corrected chi connectivity index (χ0v) is 16.8. The lowest BCUT2D eigenvalue weighted by Gasteiger charge is -2.13. The minimum Gasteiger partial charge on any atom is -0.508 e. The lowest BCUT2D eigenvalue weighted by Crippen LogP contribution is -1.96. The lowest BCUT2D eigenvalue weighted by atomic mass is 10.0. The van der Waals surface area contributed by atoms with E-state index >= 15 is 0 Å². The molecule has 6 heteroatoms. The first-order valence-electron chi connectivity index (χ1n) is 9.85. The quantitative estimate of drug-likeness (QED) is 0.188. The fraction of sp³-hybridized carbons (Fsp3) is 0.0400. The molecule has 156 valence electrons. The van der Waals surface area contributed by atoms with Crippen molar-refractivity contribution in [3.8, 4) is 11.5 Å². The van der Waals surface area contributed by atoms with E-state index in [9.17, 15) is 10.2 Å². The summed E-state index contributed by atoms with van der Waals surface area (Å²) in [6.07, 6.45) is 0.367. The Morgan fingerprint density at radius 2 is 0.871 bits per heavy atom. The minimum atomic E-state index is 0.166. The number of aromatic hydroxyl groups is 2. The molecule has 0 atom stereocenters. The summed E-state index contributed by atoms with van der Waals surface area (Å²) >= 11 is 0. The van der Waals surface area contributed by atoms with E-state index in [1.165, 1.54) is 0 Å². The van der Waals surface area contributed by atoms with Gasteiger partial charge in [0.05, 0.1) is 0 Å². The number of nitrogens with two attached hydrogens (primary N) is 2. The molecular formula is C25H24N4O2. The van der Waals surface area contributed by atoms with Gasteiger partial charge in [0.25, 0.3) is 0 Å². The summed E-state index contributed by atoms with van der Waals surface area (Å²) in [5.74, 6) is 0.332. The van der Waals surface area contributed by atoms with Crippen LogP contribution in [0.4, 0.5) is 34.1 Å². The molecule has 0 saturated heterocycles. The molecule has 6 nitrogen and oxygen atoms in total. The van der Waals surface area contributed by atoms with Crippen LogP contribution in [0.1, 0.15) is 11.1 Å². The topological polar surface area (TPSA) is 117 Å². The van der Waals surface area contributed by atoms with Gasteiger partial charge in [-0.2, -0.15) is 0 Å². The van der Waals surface area contributed by atoms with E-state index in [0.29, 0.717) is 28.9 Å². The Bertz CT molecular complexity index is 1090. The highest BCUT2D eigenvalue weighted by molar-refractivity contribution is 5.66. The number of benzene rings is 4. The number of hydrogen-bond donors (Lipinski definition) is 6. The van der Waals surface area contributed by atoms with E-state index in [0.717, 1.165) is 22.7 Å². The molecule has 0 aliphatic carbocycles. The summed E-state index contributed by atoms with van der Waals surface area (Å²) < 4.78 is 0. The average molecular weight is 412 g/mol. The first kappa shape index (κ1) is 20.0. The van der Waals surface area contributed by atoms with Crippen molar-refractivity contribution >= 4 is 34.1 Å². The van der Waals surface area contributed by atoms with Gasteiger partial charge in [-0.05, 0) is 84.9 Å². The van der Waals surface area contributed by atoms with Crippen LogP contribution in [0.5, 0.6) is 11.5 Å². The zero-order valence-electron chi connectivity index (χ0n) is 16.8. The van der Waals surface area contributed by atoms with Crippen molar-refractivity contribution in [2.24, 2.45) is 0 Å². The van der Waals surface area contributed by atoms with Crippen molar-refractivity contribution in [1.82, 2.24) is 0 Å². The first-order valence-corrected chi connectivity index (χ1v) is 9.85. The molecule has 8 N–H and O–H groups in total. The summed E-state index contributed by atoms with van der Waals surface area (Å²) in [5.41, 5.74) is 17.7. The van der Waals surface area contributed by atoms with Crippen molar-refractivity contribution in [2.75, 3.05) is 22.1 Å². The lowest BCUT2D eigenvalue weighted by molar-refractivity contribution is 0.463. The van der Waals surface area contributed by atoms with Crippen LogP contribution < -0.4 is 22.1 Å². The third-order valence-corrected chi connectivity index (χ3v) is 4.94. The summed E-state index contributed by atoms with van der Waals surface area (Å²) in [5, 5.41) is 27.3. The molecule has 0 unspecified atom stereocenters. The number of phenols is 2. The molecule has 0 fully saturated rings. The van der Waals surface area contributed by atoms with Crippen molar-refractivity contribution in [3.63, 3.8) is 0 Å². The van der Waals surface area contributed by atoms with Crippen LogP contribution in [0.2, 0.25) is 0 Å². The van der Waals surface area contributed by atoms with Gasteiger partial charge in [0.1, 0.15) is 11.5 Å². The average Bonchev–Trinajstić information content (AvgIpc) is 2.76. The fourth-order valence-corrected chi connectivity index (χ4v) is 3.28. The SMILES string of the molecule is Nc1ccc(Nc2ccc(O)c(Cc3cc(Nc4ccc(N)cc4)ccc3O)c2)cc1. The molecule has 0 saturated carbocycles. The number of nitrogen functional groups attached to an aromatic ring is 2. The van der Waals surface area contributed by atoms with Gasteiger partial charge < -0.3 is 32.3 Å². The van der Waals surface area contributed by atoms with Crippen LogP contribution in [-0.4, -0.2) is 10.2 Å². The van der Waals surface area contributed by atoms with E-state index in [-0.39, 0.29) is 11.5 Å². The molecular weight excluding hydrogens is 388 g/mol. The Morgan fingerprint density at radius 3 is 1.26 bits per heavy atom. The van der Waals surface area contributed by atoms with E-state index in [4.69, 9.17) is 11.5 Å². The van der Waals surface area contributed by atoms with Crippen LogP contribution >= 0.6 is 0 Å². The predicted octanol–water partition coefficient (Wildman–Crippen LogP) is 5.34.